The van der Waals surface area contributed by atoms with Crippen molar-refractivity contribution in [2.45, 2.75) is 21.4 Å². The van der Waals surface area contributed by atoms with Gasteiger partial charge in [0, 0.05) is 4.90 Å². The van der Waals surface area contributed by atoms with Gasteiger partial charge in [-0.2, -0.15) is 13.2 Å². The third-order valence-corrected chi connectivity index (χ3v) is 5.30. The first-order valence-electron chi connectivity index (χ1n) is 6.10. The summed E-state index contributed by atoms with van der Waals surface area (Å²) in [6, 6.07) is 19.2. The molecule has 0 aromatic heterocycles. The van der Waals surface area contributed by atoms with Gasteiger partial charge in [0.1, 0.15) is 0 Å². The van der Waals surface area contributed by atoms with E-state index in [0.29, 0.717) is 5.88 Å². The molecule has 0 amide bonds. The van der Waals surface area contributed by atoms with Gasteiger partial charge in [-0.15, -0.1) is 11.8 Å². The maximum atomic E-state index is 9.67. The summed E-state index contributed by atoms with van der Waals surface area (Å²) < 4.78 is 29.0. The van der Waals surface area contributed by atoms with Gasteiger partial charge in [-0.1, -0.05) is 18.2 Å². The van der Waals surface area contributed by atoms with Crippen molar-refractivity contribution in [3.63, 3.8) is 0 Å². The lowest BCUT2D eigenvalue weighted by atomic mass is 10.4. The van der Waals surface area contributed by atoms with Crippen molar-refractivity contribution in [1.82, 2.24) is 0 Å². The topological polar surface area (TPSA) is 26.0 Å². The Bertz CT molecular complexity index is 503. The average molecular weight is 332 g/mol. The predicted molar refractivity (Wildman–Crippen MR) is 84.7 cm³/mol. The van der Waals surface area contributed by atoms with Gasteiger partial charge in [0.2, 0.25) is 0 Å². The van der Waals surface area contributed by atoms with Crippen molar-refractivity contribution in [1.29, 1.82) is 0 Å². The second-order valence-corrected chi connectivity index (χ2v) is 6.73. The number of hydrogen-bond donors (Lipinski definition) is 1. The molecule has 0 aliphatic heterocycles. The smallest absolute Gasteiger partial charge is 0.288 e. The Labute approximate surface area is 130 Å². The maximum absolute atomic E-state index is 9.67. The van der Waals surface area contributed by atoms with Gasteiger partial charge >= 0.3 is 6.68 Å². The molecule has 2 aromatic rings. The highest BCUT2D eigenvalue weighted by Gasteiger charge is 2.22. The lowest BCUT2D eigenvalue weighted by molar-refractivity contribution is 0.00819. The molecule has 6 heteroatoms. The van der Waals surface area contributed by atoms with E-state index in [1.807, 2.05) is 6.07 Å². The summed E-state index contributed by atoms with van der Waals surface area (Å²) >= 11 is 1.76. The van der Waals surface area contributed by atoms with Crippen LogP contribution in [0.5, 0.6) is 0 Å². The Kier molecular flexibility index (Phi) is 8.34. The molecule has 1 atom stereocenters. The van der Waals surface area contributed by atoms with Crippen LogP contribution in [0, 0.1) is 0 Å². The Hall–Kier alpha value is -1.11. The van der Waals surface area contributed by atoms with Crippen LogP contribution in [0.15, 0.2) is 69.3 Å². The molecule has 1 unspecified atom stereocenters. The van der Waals surface area contributed by atoms with Gasteiger partial charge in [0.15, 0.2) is 15.7 Å². The third kappa shape index (κ3) is 6.46. The van der Waals surface area contributed by atoms with E-state index in [0.717, 1.165) is 0 Å². The maximum Gasteiger partial charge on any atom is 0.379 e. The molecule has 0 fully saturated rings. The average Bonchev–Trinajstić information content (AvgIpc) is 2.49. The monoisotopic (exact) mass is 332 g/mol. The van der Waals surface area contributed by atoms with E-state index in [1.54, 1.807) is 11.8 Å². The molecule has 2 aromatic carbocycles. The molecule has 0 saturated carbocycles. The van der Waals surface area contributed by atoms with Crippen LogP contribution >= 0.6 is 11.8 Å². The minimum Gasteiger partial charge on any atom is -0.288 e. The summed E-state index contributed by atoms with van der Waals surface area (Å²) in [6.45, 7) is -3.67. The molecular formula is C15H17F3NS2+. The lowest BCUT2D eigenvalue weighted by Crippen LogP contribution is -2.15. The lowest BCUT2D eigenvalue weighted by Gasteiger charge is -2.05. The molecule has 0 spiro atoms. The second kappa shape index (κ2) is 9.76. The van der Waals surface area contributed by atoms with Gasteiger partial charge in [0.05, 0.1) is 10.9 Å². The molecule has 0 aliphatic carbocycles. The molecule has 0 bridgehead atoms. The summed E-state index contributed by atoms with van der Waals surface area (Å²) in [5.41, 5.74) is 5.91. The molecule has 114 valence electrons. The Balaban J connectivity index is 0.000000491. The summed E-state index contributed by atoms with van der Waals surface area (Å²) in [7, 11) is 0.0000529. The largest absolute Gasteiger partial charge is 0.379 e. The first-order valence-corrected chi connectivity index (χ1v) is 8.72. The minimum atomic E-state index is -3.67. The van der Waals surface area contributed by atoms with Gasteiger partial charge in [-0.25, -0.2) is 0 Å². The van der Waals surface area contributed by atoms with Crippen molar-refractivity contribution >= 4 is 22.7 Å². The summed E-state index contributed by atoms with van der Waals surface area (Å²) in [5, 5.41) is 0. The normalized spacial score (nSPS) is 11.7. The first-order chi connectivity index (χ1) is 10.1. The van der Waals surface area contributed by atoms with E-state index in [-0.39, 0.29) is 10.9 Å². The van der Waals surface area contributed by atoms with Crippen molar-refractivity contribution in [3.8, 4) is 0 Å². The zero-order valence-electron chi connectivity index (χ0n) is 11.5. The zero-order chi connectivity index (χ0) is 15.7. The molecular weight excluding hydrogens is 315 g/mol. The summed E-state index contributed by atoms with van der Waals surface area (Å²) in [4.78, 5) is 3.92. The van der Waals surface area contributed by atoms with Crippen molar-refractivity contribution in [3.05, 3.63) is 54.6 Å². The van der Waals surface area contributed by atoms with Crippen LogP contribution in [0.2, 0.25) is 0 Å². The number of benzene rings is 2. The van der Waals surface area contributed by atoms with Gasteiger partial charge < -0.3 is 0 Å². The van der Waals surface area contributed by atoms with E-state index < -0.39 is 6.68 Å². The predicted octanol–water partition coefficient (Wildman–Crippen LogP) is 4.54. The highest BCUT2D eigenvalue weighted by atomic mass is 32.2. The first kappa shape index (κ1) is 17.9. The summed E-state index contributed by atoms with van der Waals surface area (Å²) in [6.07, 6.45) is 2.09. The summed E-state index contributed by atoms with van der Waals surface area (Å²) in [5.74, 6) is 0.669. The van der Waals surface area contributed by atoms with Crippen LogP contribution in [0.4, 0.5) is 13.2 Å². The van der Waals surface area contributed by atoms with Crippen LogP contribution in [0.1, 0.15) is 0 Å². The van der Waals surface area contributed by atoms with Crippen LogP contribution in [-0.4, -0.2) is 18.8 Å². The number of hydrogen-bond acceptors (Lipinski definition) is 2. The number of halogens is 3. The van der Waals surface area contributed by atoms with Crippen LogP contribution in [0.25, 0.3) is 0 Å². The fourth-order valence-electron chi connectivity index (χ4n) is 1.65. The van der Waals surface area contributed by atoms with Crippen molar-refractivity contribution in [2.24, 2.45) is 5.73 Å². The molecule has 1 nitrogen and oxygen atoms in total. The standard InChI is InChI=1S/C14H16NS2.CHF3/c1-16-12-7-9-14(10-8-12)17(11-15)13-5-3-2-4-6-13;2-1(3)4/h2-10H,11,15H2,1H3;1H/q+1;. The van der Waals surface area contributed by atoms with E-state index >= 15 is 0 Å². The van der Waals surface area contributed by atoms with Crippen LogP contribution in [-0.2, 0) is 10.9 Å². The van der Waals surface area contributed by atoms with Crippen LogP contribution < -0.4 is 5.73 Å². The van der Waals surface area contributed by atoms with Crippen molar-refractivity contribution in [2.75, 3.05) is 12.1 Å². The van der Waals surface area contributed by atoms with Crippen LogP contribution in [0.3, 0.4) is 0 Å². The van der Waals surface area contributed by atoms with Crippen molar-refractivity contribution < 1.29 is 13.2 Å². The Morgan fingerprint density at radius 2 is 1.43 bits per heavy atom. The number of thioether (sulfide) groups is 1. The molecule has 0 saturated heterocycles. The molecule has 0 heterocycles. The Morgan fingerprint density at radius 3 is 1.86 bits per heavy atom. The minimum absolute atomic E-state index is 0.0000529. The quantitative estimate of drug-likeness (QED) is 0.657. The van der Waals surface area contributed by atoms with E-state index in [4.69, 9.17) is 5.73 Å². The van der Waals surface area contributed by atoms with E-state index in [9.17, 15) is 13.2 Å². The second-order valence-electron chi connectivity index (χ2n) is 3.79. The highest BCUT2D eigenvalue weighted by Crippen LogP contribution is 2.24. The SMILES string of the molecule is CSc1ccc([S+](CN)c2ccccc2)cc1.FC(F)F. The molecule has 0 aliphatic rings. The highest BCUT2D eigenvalue weighted by molar-refractivity contribution is 7.98. The zero-order valence-corrected chi connectivity index (χ0v) is 13.1. The number of alkyl halides is 3. The van der Waals surface area contributed by atoms with E-state index in [2.05, 4.69) is 54.8 Å². The van der Waals surface area contributed by atoms with Gasteiger partial charge in [-0.3, -0.25) is 5.73 Å². The van der Waals surface area contributed by atoms with Gasteiger partial charge in [-0.05, 0) is 42.7 Å². The fraction of sp³-hybridized carbons (Fsp3) is 0.200. The number of nitrogens with two attached hydrogens (primary N) is 1. The Morgan fingerprint density at radius 1 is 0.952 bits per heavy atom. The van der Waals surface area contributed by atoms with E-state index in [1.165, 1.54) is 14.7 Å². The molecule has 2 rings (SSSR count). The third-order valence-electron chi connectivity index (χ3n) is 2.54. The van der Waals surface area contributed by atoms with Gasteiger partial charge in [0.25, 0.3) is 0 Å². The molecule has 21 heavy (non-hydrogen) atoms. The molecule has 2 N–H and O–H groups in total. The molecule has 0 radical (unpaired) electrons. The number of rotatable bonds is 4. The fourth-order valence-corrected chi connectivity index (χ4v) is 3.67.